The number of hydrogen-bond acceptors (Lipinski definition) is 3. The highest BCUT2D eigenvalue weighted by atomic mass is 35.5. The number of carbonyl (C=O) groups excluding carboxylic acids is 2. The fourth-order valence-electron chi connectivity index (χ4n) is 1.98. The molecule has 0 bridgehead atoms. The van der Waals surface area contributed by atoms with Gasteiger partial charge in [-0.2, -0.15) is 0 Å². The highest BCUT2D eigenvalue weighted by molar-refractivity contribution is 6.01. The molecule has 0 aromatic heterocycles. The van der Waals surface area contributed by atoms with Gasteiger partial charge in [-0.1, -0.05) is 0 Å². The van der Waals surface area contributed by atoms with Gasteiger partial charge in [0.25, 0.3) is 0 Å². The third kappa shape index (κ3) is 2.82. The summed E-state index contributed by atoms with van der Waals surface area (Å²) in [4.78, 5) is 23.8. The molecular weight excluding hydrogens is 218 g/mol. The first kappa shape index (κ1) is 12.3. The number of urea groups is 1. The van der Waals surface area contributed by atoms with E-state index in [1.54, 1.807) is 0 Å². The predicted octanol–water partition coefficient (Wildman–Crippen LogP) is -0.0404. The normalized spacial score (nSPS) is 26.1. The van der Waals surface area contributed by atoms with Crippen LogP contribution in [0.5, 0.6) is 0 Å². The number of carbonyl (C=O) groups is 2. The maximum absolute atomic E-state index is 11.3. The Labute approximate surface area is 95.0 Å². The zero-order valence-electron chi connectivity index (χ0n) is 8.49. The van der Waals surface area contributed by atoms with Crippen LogP contribution in [-0.4, -0.2) is 43.0 Å². The van der Waals surface area contributed by atoms with Gasteiger partial charge in [0.05, 0.1) is 6.54 Å². The molecule has 2 aliphatic rings. The van der Waals surface area contributed by atoms with Crippen LogP contribution in [0.3, 0.4) is 0 Å². The van der Waals surface area contributed by atoms with E-state index in [1.807, 2.05) is 0 Å². The summed E-state index contributed by atoms with van der Waals surface area (Å²) < 4.78 is 0. The largest absolute Gasteiger partial charge is 0.329 e. The number of piperidine rings is 1. The van der Waals surface area contributed by atoms with Crippen molar-refractivity contribution in [3.8, 4) is 0 Å². The lowest BCUT2D eigenvalue weighted by atomic mass is 9.99. The summed E-state index contributed by atoms with van der Waals surface area (Å²) in [5.41, 5.74) is 0. The molecule has 6 heteroatoms. The minimum absolute atomic E-state index is 0. The molecule has 0 aromatic rings. The molecule has 0 radical (unpaired) electrons. The minimum Gasteiger partial charge on any atom is -0.329 e. The molecule has 86 valence electrons. The van der Waals surface area contributed by atoms with Gasteiger partial charge in [-0.05, 0) is 31.8 Å². The summed E-state index contributed by atoms with van der Waals surface area (Å²) in [6.07, 6.45) is 2.23. The first-order chi connectivity index (χ1) is 6.77. The summed E-state index contributed by atoms with van der Waals surface area (Å²) in [5.74, 6) is 0.331. The number of imide groups is 1. The fraction of sp³-hybridized carbons (Fsp3) is 0.778. The Morgan fingerprint density at radius 2 is 2.20 bits per heavy atom. The van der Waals surface area contributed by atoms with E-state index in [-0.39, 0.29) is 30.9 Å². The van der Waals surface area contributed by atoms with Crippen LogP contribution in [0.25, 0.3) is 0 Å². The molecule has 0 aromatic carbocycles. The molecule has 0 aliphatic carbocycles. The average molecular weight is 234 g/mol. The topological polar surface area (TPSA) is 61.4 Å². The summed E-state index contributed by atoms with van der Waals surface area (Å²) >= 11 is 0. The molecule has 2 N–H and O–H groups in total. The molecule has 2 rings (SSSR count). The van der Waals surface area contributed by atoms with Gasteiger partial charge in [0.1, 0.15) is 0 Å². The van der Waals surface area contributed by atoms with Crippen LogP contribution in [0.15, 0.2) is 0 Å². The van der Waals surface area contributed by atoms with Crippen LogP contribution < -0.4 is 10.6 Å². The zero-order valence-corrected chi connectivity index (χ0v) is 9.31. The maximum Gasteiger partial charge on any atom is 0.324 e. The van der Waals surface area contributed by atoms with Gasteiger partial charge in [0, 0.05) is 6.54 Å². The molecule has 2 fully saturated rings. The Morgan fingerprint density at radius 3 is 2.73 bits per heavy atom. The lowest BCUT2D eigenvalue weighted by molar-refractivity contribution is -0.125. The quantitative estimate of drug-likeness (QED) is 0.658. The van der Waals surface area contributed by atoms with Crippen molar-refractivity contribution in [2.24, 2.45) is 5.92 Å². The monoisotopic (exact) mass is 233 g/mol. The highest BCUT2D eigenvalue weighted by Crippen LogP contribution is 2.13. The molecule has 0 spiro atoms. The predicted molar refractivity (Wildman–Crippen MR) is 58.0 cm³/mol. The third-order valence-corrected chi connectivity index (χ3v) is 2.78. The molecule has 3 amide bonds. The van der Waals surface area contributed by atoms with Crippen LogP contribution >= 0.6 is 12.4 Å². The van der Waals surface area contributed by atoms with E-state index in [4.69, 9.17) is 0 Å². The Hall–Kier alpha value is -0.810. The molecule has 1 unspecified atom stereocenters. The summed E-state index contributed by atoms with van der Waals surface area (Å²) in [6, 6.07) is -0.236. The van der Waals surface area contributed by atoms with E-state index >= 15 is 0 Å². The number of halogens is 1. The van der Waals surface area contributed by atoms with E-state index in [0.717, 1.165) is 25.9 Å². The Bertz CT molecular complexity index is 238. The van der Waals surface area contributed by atoms with Crippen LogP contribution in [-0.2, 0) is 4.79 Å². The minimum atomic E-state index is -0.236. The second kappa shape index (κ2) is 5.32. The van der Waals surface area contributed by atoms with E-state index < -0.39 is 0 Å². The Morgan fingerprint density at radius 1 is 1.40 bits per heavy atom. The average Bonchev–Trinajstić information content (AvgIpc) is 2.51. The molecule has 5 nitrogen and oxygen atoms in total. The van der Waals surface area contributed by atoms with Gasteiger partial charge in [-0.15, -0.1) is 12.4 Å². The fourth-order valence-corrected chi connectivity index (χ4v) is 1.98. The van der Waals surface area contributed by atoms with Crippen LogP contribution in [0.2, 0.25) is 0 Å². The summed E-state index contributed by atoms with van der Waals surface area (Å²) in [7, 11) is 0. The van der Waals surface area contributed by atoms with Crippen molar-refractivity contribution in [1.82, 2.24) is 15.5 Å². The zero-order chi connectivity index (χ0) is 9.97. The van der Waals surface area contributed by atoms with Gasteiger partial charge in [0.2, 0.25) is 5.91 Å². The Balaban J connectivity index is 0.00000112. The smallest absolute Gasteiger partial charge is 0.324 e. The number of nitrogens with zero attached hydrogens (tertiary/aromatic N) is 1. The second-order valence-corrected chi connectivity index (χ2v) is 3.88. The van der Waals surface area contributed by atoms with Crippen molar-refractivity contribution in [2.45, 2.75) is 12.8 Å². The van der Waals surface area contributed by atoms with Gasteiger partial charge in [-0.25, -0.2) is 4.79 Å². The van der Waals surface area contributed by atoms with Crippen LogP contribution in [0, 0.1) is 5.92 Å². The third-order valence-electron chi connectivity index (χ3n) is 2.78. The molecule has 2 aliphatic heterocycles. The van der Waals surface area contributed by atoms with Crippen molar-refractivity contribution < 1.29 is 9.59 Å². The summed E-state index contributed by atoms with van der Waals surface area (Å²) in [6.45, 7) is 2.70. The molecular formula is C9H16ClN3O2. The van der Waals surface area contributed by atoms with Crippen LogP contribution in [0.1, 0.15) is 12.8 Å². The number of rotatable bonds is 2. The van der Waals surface area contributed by atoms with E-state index in [0.29, 0.717) is 12.5 Å². The lowest BCUT2D eigenvalue weighted by Gasteiger charge is -2.25. The van der Waals surface area contributed by atoms with Crippen LogP contribution in [0.4, 0.5) is 4.79 Å². The van der Waals surface area contributed by atoms with E-state index in [2.05, 4.69) is 10.6 Å². The summed E-state index contributed by atoms with van der Waals surface area (Å²) in [5, 5.41) is 5.79. The second-order valence-electron chi connectivity index (χ2n) is 3.88. The van der Waals surface area contributed by atoms with Crippen molar-refractivity contribution in [3.63, 3.8) is 0 Å². The van der Waals surface area contributed by atoms with Crippen molar-refractivity contribution >= 4 is 24.3 Å². The van der Waals surface area contributed by atoms with Crippen molar-refractivity contribution in [1.29, 1.82) is 0 Å². The number of amides is 3. The lowest BCUT2D eigenvalue weighted by Crippen LogP contribution is -2.41. The highest BCUT2D eigenvalue weighted by Gasteiger charge is 2.30. The Kier molecular flexibility index (Phi) is 4.35. The first-order valence-electron chi connectivity index (χ1n) is 5.06. The molecule has 15 heavy (non-hydrogen) atoms. The van der Waals surface area contributed by atoms with Crippen molar-refractivity contribution in [2.75, 3.05) is 26.2 Å². The van der Waals surface area contributed by atoms with E-state index in [1.165, 1.54) is 4.90 Å². The van der Waals surface area contributed by atoms with E-state index in [9.17, 15) is 9.59 Å². The molecule has 1 atom stereocenters. The van der Waals surface area contributed by atoms with Crippen molar-refractivity contribution in [3.05, 3.63) is 0 Å². The molecule has 2 heterocycles. The maximum atomic E-state index is 11.3. The molecule has 0 saturated carbocycles. The SMILES string of the molecule is Cl.O=C1CNC(=O)N1CC1CCCNC1. The van der Waals surface area contributed by atoms with Gasteiger partial charge >= 0.3 is 6.03 Å². The number of nitrogens with one attached hydrogen (secondary N) is 2. The molecule has 2 saturated heterocycles. The number of hydrogen-bond donors (Lipinski definition) is 2. The first-order valence-corrected chi connectivity index (χ1v) is 5.06. The standard InChI is InChI=1S/C9H15N3O2.ClH/c13-8-5-11-9(14)12(8)6-7-2-1-3-10-4-7;/h7,10H,1-6H2,(H,11,14);1H. The van der Waals surface area contributed by atoms with Gasteiger partial charge < -0.3 is 10.6 Å². The van der Waals surface area contributed by atoms with Gasteiger partial charge in [0.15, 0.2) is 0 Å². The van der Waals surface area contributed by atoms with Gasteiger partial charge in [-0.3, -0.25) is 9.69 Å².